The summed E-state index contributed by atoms with van der Waals surface area (Å²) in [5.74, 6) is -0.270. The van der Waals surface area contributed by atoms with Gasteiger partial charge < -0.3 is 35.2 Å². The summed E-state index contributed by atoms with van der Waals surface area (Å²) in [5, 5.41) is 8.79. The lowest BCUT2D eigenvalue weighted by atomic mass is 9.88. The van der Waals surface area contributed by atoms with Gasteiger partial charge in [-0.15, -0.1) is 0 Å². The summed E-state index contributed by atoms with van der Waals surface area (Å²) in [4.78, 5) is 40.5. The number of likely N-dealkylation sites (N-methyl/N-ethyl adjacent to an activating group) is 1. The first-order valence-electron chi connectivity index (χ1n) is 13.1. The Kier molecular flexibility index (Phi) is 11.4. The summed E-state index contributed by atoms with van der Waals surface area (Å²) < 4.78 is 24.8. The molecule has 3 N–H and O–H groups in total. The lowest BCUT2D eigenvalue weighted by molar-refractivity contribution is -0.133. The van der Waals surface area contributed by atoms with Crippen LogP contribution in [0.1, 0.15) is 43.8 Å². The minimum atomic E-state index is -0.547. The van der Waals surface area contributed by atoms with E-state index < -0.39 is 12.2 Å². The monoisotopic (exact) mass is 521 g/mol. The van der Waals surface area contributed by atoms with Crippen LogP contribution in [0.3, 0.4) is 0 Å². The van der Waals surface area contributed by atoms with E-state index in [0.717, 1.165) is 32.2 Å². The Morgan fingerprint density at radius 3 is 2.78 bits per heavy atom. The molecular weight excluding hydrogens is 481 g/mol. The number of urea groups is 1. The number of amides is 4. The number of nitrogens with one attached hydrogen (secondary N) is 3. The lowest BCUT2D eigenvalue weighted by Crippen LogP contribution is -2.55. The second kappa shape index (κ2) is 14.7. The zero-order valence-electron chi connectivity index (χ0n) is 21.8. The molecular formula is C26H40FN5O5. The van der Waals surface area contributed by atoms with E-state index in [1.54, 1.807) is 11.0 Å². The maximum absolute atomic E-state index is 14.0. The van der Waals surface area contributed by atoms with Gasteiger partial charge in [-0.25, -0.2) is 14.0 Å². The number of halogens is 1. The minimum absolute atomic E-state index is 0.0501. The number of benzene rings is 1. The molecule has 0 bridgehead atoms. The van der Waals surface area contributed by atoms with E-state index in [1.807, 2.05) is 18.0 Å². The average Bonchev–Trinajstić information content (AvgIpc) is 2.90. The number of alkyl carbamates (subject to hydrolysis) is 1. The zero-order chi connectivity index (χ0) is 26.6. The molecule has 11 heteroatoms. The number of hydrogen-bond donors (Lipinski definition) is 3. The molecule has 1 aromatic carbocycles. The van der Waals surface area contributed by atoms with Crippen molar-refractivity contribution in [1.82, 2.24) is 25.8 Å². The van der Waals surface area contributed by atoms with Crippen molar-refractivity contribution in [3.63, 3.8) is 0 Å². The molecule has 37 heavy (non-hydrogen) atoms. The Hall–Kier alpha value is -2.92. The van der Waals surface area contributed by atoms with E-state index in [2.05, 4.69) is 20.7 Å². The van der Waals surface area contributed by atoms with Crippen molar-refractivity contribution in [2.24, 2.45) is 5.92 Å². The molecule has 10 nitrogen and oxygen atoms in total. The third kappa shape index (κ3) is 8.85. The molecule has 0 aliphatic carbocycles. The molecule has 2 fully saturated rings. The van der Waals surface area contributed by atoms with Gasteiger partial charge in [0.25, 0.3) is 0 Å². The topological polar surface area (TPSA) is 112 Å². The number of hydrogen-bond acceptors (Lipinski definition) is 6. The Morgan fingerprint density at radius 2 is 2.05 bits per heavy atom. The van der Waals surface area contributed by atoms with Gasteiger partial charge in [0, 0.05) is 51.6 Å². The summed E-state index contributed by atoms with van der Waals surface area (Å²) in [6, 6.07) is 5.91. The normalized spacial score (nSPS) is 19.8. The molecule has 2 aliphatic heterocycles. The maximum atomic E-state index is 14.0. The summed E-state index contributed by atoms with van der Waals surface area (Å²) in [6.07, 6.45) is 3.08. The number of methoxy groups -OCH3 is 1. The van der Waals surface area contributed by atoms with E-state index in [4.69, 9.17) is 4.74 Å². The number of carbonyl (C=O) groups excluding carboxylic acids is 3. The van der Waals surface area contributed by atoms with Crippen LogP contribution in [0.2, 0.25) is 0 Å². The number of rotatable bonds is 11. The van der Waals surface area contributed by atoms with Gasteiger partial charge in [-0.3, -0.25) is 4.79 Å². The van der Waals surface area contributed by atoms with Crippen LogP contribution in [-0.2, 0) is 14.3 Å². The van der Waals surface area contributed by atoms with Crippen LogP contribution >= 0.6 is 0 Å². The Bertz CT molecular complexity index is 904. The number of carbonyl (C=O) groups is 3. The van der Waals surface area contributed by atoms with Gasteiger partial charge in [0.1, 0.15) is 5.82 Å². The molecule has 0 saturated carbocycles. The fourth-order valence-electron chi connectivity index (χ4n) is 5.04. The zero-order valence-corrected chi connectivity index (χ0v) is 21.8. The Balaban J connectivity index is 1.63. The highest BCUT2D eigenvalue weighted by atomic mass is 19.1. The van der Waals surface area contributed by atoms with E-state index in [0.29, 0.717) is 38.2 Å². The molecule has 1 unspecified atom stereocenters. The quantitative estimate of drug-likeness (QED) is 0.385. The average molecular weight is 522 g/mol. The van der Waals surface area contributed by atoms with Crippen LogP contribution < -0.4 is 16.0 Å². The molecule has 2 saturated heterocycles. The molecule has 2 heterocycles. The molecule has 0 aromatic heterocycles. The predicted octanol–water partition coefficient (Wildman–Crippen LogP) is 2.26. The smallest absolute Gasteiger partial charge is 0.406 e. The van der Waals surface area contributed by atoms with E-state index >= 15 is 0 Å². The fraction of sp³-hybridized carbons (Fsp3) is 0.654. The first kappa shape index (κ1) is 28.6. The lowest BCUT2D eigenvalue weighted by Gasteiger charge is -2.38. The number of ether oxygens (including phenoxy) is 2. The van der Waals surface area contributed by atoms with Crippen molar-refractivity contribution >= 4 is 18.0 Å². The van der Waals surface area contributed by atoms with Crippen LogP contribution in [-0.4, -0.2) is 93.9 Å². The van der Waals surface area contributed by atoms with E-state index in [9.17, 15) is 18.8 Å². The Labute approximate surface area is 218 Å². The van der Waals surface area contributed by atoms with Gasteiger partial charge >= 0.3 is 12.1 Å². The SMILES string of the molecule is CNC[C@H](CN1CCCCC1=O)NC(=O)N1CCC[C@@H](C(OCCNC(=O)OC)c2cccc(F)c2)C1. The third-order valence-electron chi connectivity index (χ3n) is 6.84. The molecule has 2 aliphatic rings. The molecule has 4 amide bonds. The summed E-state index contributed by atoms with van der Waals surface area (Å²) in [5.41, 5.74) is 0.696. The first-order chi connectivity index (χ1) is 17.9. The maximum Gasteiger partial charge on any atom is 0.406 e. The highest BCUT2D eigenvalue weighted by Crippen LogP contribution is 2.33. The van der Waals surface area contributed by atoms with Gasteiger partial charge in [0.05, 0.1) is 25.9 Å². The molecule has 3 rings (SSSR count). The second-order valence-electron chi connectivity index (χ2n) is 9.61. The van der Waals surface area contributed by atoms with E-state index in [-0.39, 0.29) is 42.9 Å². The van der Waals surface area contributed by atoms with Crippen molar-refractivity contribution in [2.75, 3.05) is 60.0 Å². The number of piperidine rings is 2. The predicted molar refractivity (Wildman–Crippen MR) is 136 cm³/mol. The van der Waals surface area contributed by atoms with Gasteiger partial charge in [0.2, 0.25) is 5.91 Å². The first-order valence-corrected chi connectivity index (χ1v) is 13.1. The van der Waals surface area contributed by atoms with Gasteiger partial charge in [-0.1, -0.05) is 12.1 Å². The van der Waals surface area contributed by atoms with Crippen molar-refractivity contribution in [2.45, 2.75) is 44.2 Å². The summed E-state index contributed by atoms with van der Waals surface area (Å²) >= 11 is 0. The van der Waals surface area contributed by atoms with Crippen molar-refractivity contribution in [1.29, 1.82) is 0 Å². The van der Waals surface area contributed by atoms with Crippen molar-refractivity contribution in [3.8, 4) is 0 Å². The minimum Gasteiger partial charge on any atom is -0.453 e. The van der Waals surface area contributed by atoms with Crippen LogP contribution in [0.25, 0.3) is 0 Å². The van der Waals surface area contributed by atoms with Crippen molar-refractivity contribution < 1.29 is 28.2 Å². The summed E-state index contributed by atoms with van der Waals surface area (Å²) in [6.45, 7) is 3.27. The largest absolute Gasteiger partial charge is 0.453 e. The number of likely N-dealkylation sites (tertiary alicyclic amines) is 2. The van der Waals surface area contributed by atoms with Gasteiger partial charge in [-0.05, 0) is 50.4 Å². The highest BCUT2D eigenvalue weighted by Gasteiger charge is 2.32. The highest BCUT2D eigenvalue weighted by molar-refractivity contribution is 5.77. The summed E-state index contributed by atoms with van der Waals surface area (Å²) in [7, 11) is 3.11. The molecule has 3 atom stereocenters. The van der Waals surface area contributed by atoms with Crippen LogP contribution in [0.15, 0.2) is 24.3 Å². The van der Waals surface area contributed by atoms with E-state index in [1.165, 1.54) is 19.2 Å². The fourth-order valence-corrected chi connectivity index (χ4v) is 5.04. The number of nitrogens with zero attached hydrogens (tertiary/aromatic N) is 2. The molecule has 0 spiro atoms. The van der Waals surface area contributed by atoms with Crippen LogP contribution in [0, 0.1) is 11.7 Å². The third-order valence-corrected chi connectivity index (χ3v) is 6.84. The molecule has 0 radical (unpaired) electrons. The standard InChI is InChI=1S/C26H40FN5O5/c1-28-16-22(18-31-12-4-3-10-23(31)33)30-25(34)32-13-6-8-20(17-32)24(19-7-5-9-21(27)15-19)37-14-11-29-26(35)36-2/h5,7,9,15,20,22,24,28H,3-4,6,8,10-14,16-18H2,1-2H3,(H,29,35)(H,30,34)/t20-,22-,24?/m1/s1. The molecule has 206 valence electrons. The van der Waals surface area contributed by atoms with Gasteiger partial charge in [0.15, 0.2) is 0 Å². The van der Waals surface area contributed by atoms with Gasteiger partial charge in [-0.2, -0.15) is 0 Å². The van der Waals surface area contributed by atoms with Crippen LogP contribution in [0.5, 0.6) is 0 Å². The Morgan fingerprint density at radius 1 is 1.22 bits per heavy atom. The second-order valence-corrected chi connectivity index (χ2v) is 9.61. The van der Waals surface area contributed by atoms with Crippen LogP contribution in [0.4, 0.5) is 14.0 Å². The van der Waals surface area contributed by atoms with Crippen molar-refractivity contribution in [3.05, 3.63) is 35.6 Å². The molecule has 1 aromatic rings.